The van der Waals surface area contributed by atoms with E-state index in [9.17, 15) is 4.79 Å². The van der Waals surface area contributed by atoms with Gasteiger partial charge in [0.2, 0.25) is 0 Å². The first kappa shape index (κ1) is 18.0. The van der Waals surface area contributed by atoms with Gasteiger partial charge >= 0.3 is 5.97 Å². The molecule has 0 radical (unpaired) electrons. The highest BCUT2D eigenvalue weighted by atomic mass is 32.2. The van der Waals surface area contributed by atoms with E-state index in [1.165, 1.54) is 0 Å². The number of thioether (sulfide) groups is 1. The number of carbonyl (C=O) groups excluding carboxylic acids is 1. The van der Waals surface area contributed by atoms with Gasteiger partial charge in [0.05, 0.1) is 25.3 Å². The Bertz CT molecular complexity index is 536. The van der Waals surface area contributed by atoms with E-state index in [2.05, 4.69) is 19.6 Å². The van der Waals surface area contributed by atoms with E-state index in [-0.39, 0.29) is 5.97 Å². The molecular weight excluding hydrogens is 298 g/mol. The van der Waals surface area contributed by atoms with Gasteiger partial charge in [-0.3, -0.25) is 4.99 Å². The number of rotatable bonds is 5. The molecule has 0 amide bonds. The lowest BCUT2D eigenvalue weighted by Gasteiger charge is -2.14. The van der Waals surface area contributed by atoms with Gasteiger partial charge in [0.25, 0.3) is 0 Å². The number of hydrogen-bond donors (Lipinski definition) is 0. The van der Waals surface area contributed by atoms with Gasteiger partial charge in [-0.25, -0.2) is 4.79 Å². The summed E-state index contributed by atoms with van der Waals surface area (Å²) in [5.74, 6) is -0.258. The van der Waals surface area contributed by atoms with Crippen LogP contribution >= 0.6 is 11.8 Å². The topological polar surface area (TPSA) is 38.7 Å². The summed E-state index contributed by atoms with van der Waals surface area (Å²) in [7, 11) is -1.20. The van der Waals surface area contributed by atoms with Gasteiger partial charge in [-0.05, 0) is 37.8 Å². The molecule has 0 bridgehead atoms. The van der Waals surface area contributed by atoms with Crippen molar-refractivity contribution in [2.24, 2.45) is 4.99 Å². The van der Waals surface area contributed by atoms with Crippen LogP contribution in [0.3, 0.4) is 0 Å². The summed E-state index contributed by atoms with van der Waals surface area (Å²) in [5, 5.41) is 1.04. The molecule has 0 aromatic heterocycles. The first-order chi connectivity index (χ1) is 9.78. The van der Waals surface area contributed by atoms with Gasteiger partial charge in [-0.15, -0.1) is 11.8 Å². The second-order valence-electron chi connectivity index (χ2n) is 6.14. The molecule has 0 saturated heterocycles. The van der Waals surface area contributed by atoms with Crippen LogP contribution in [0.1, 0.15) is 28.4 Å². The zero-order valence-electron chi connectivity index (χ0n) is 13.8. The molecular formula is C16H25NO2SSi. The van der Waals surface area contributed by atoms with Crippen LogP contribution in [0.5, 0.6) is 0 Å². The monoisotopic (exact) mass is 323 g/mol. The largest absolute Gasteiger partial charge is 0.462 e. The average molecular weight is 324 g/mol. The van der Waals surface area contributed by atoms with Crippen LogP contribution in [0.15, 0.2) is 23.2 Å². The number of esters is 1. The molecule has 0 aliphatic carbocycles. The Labute approximate surface area is 133 Å². The van der Waals surface area contributed by atoms with Crippen LogP contribution in [0.4, 0.5) is 0 Å². The SMILES string of the molecule is CCOC(=O)c1ccc(C(=NC[Si](C)(C)C)SC)cc1C. The van der Waals surface area contributed by atoms with Crippen LogP contribution < -0.4 is 0 Å². The molecule has 0 heterocycles. The van der Waals surface area contributed by atoms with Crippen molar-refractivity contribution < 1.29 is 9.53 Å². The Kier molecular flexibility index (Phi) is 6.68. The summed E-state index contributed by atoms with van der Waals surface area (Å²) in [6.45, 7) is 11.1. The standard InChI is InChI=1S/C16H25NO2SSi/c1-7-19-16(18)14-9-8-13(10-12(14)2)15(20-3)17-11-21(4,5)6/h8-10H,7,11H2,1-6H3. The minimum atomic E-state index is -1.20. The number of nitrogens with zero attached hydrogens (tertiary/aromatic N) is 1. The molecule has 0 N–H and O–H groups in total. The third-order valence-corrected chi connectivity index (χ3v) is 4.72. The molecule has 1 aromatic rings. The van der Waals surface area contributed by atoms with E-state index in [1.807, 2.05) is 38.3 Å². The van der Waals surface area contributed by atoms with Crippen molar-refractivity contribution in [2.75, 3.05) is 19.0 Å². The van der Waals surface area contributed by atoms with Crippen molar-refractivity contribution in [1.29, 1.82) is 0 Å². The summed E-state index contributed by atoms with van der Waals surface area (Å²) in [4.78, 5) is 16.6. The van der Waals surface area contributed by atoms with Crippen LogP contribution in [0.25, 0.3) is 0 Å². The average Bonchev–Trinajstić information content (AvgIpc) is 2.38. The van der Waals surface area contributed by atoms with Crippen LogP contribution in [0, 0.1) is 6.92 Å². The Morgan fingerprint density at radius 2 is 2.00 bits per heavy atom. The molecule has 21 heavy (non-hydrogen) atoms. The van der Waals surface area contributed by atoms with Gasteiger partial charge in [0.1, 0.15) is 0 Å². The van der Waals surface area contributed by atoms with Crippen molar-refractivity contribution in [1.82, 2.24) is 0 Å². The van der Waals surface area contributed by atoms with Crippen molar-refractivity contribution >= 4 is 30.8 Å². The van der Waals surface area contributed by atoms with Gasteiger partial charge in [-0.1, -0.05) is 25.7 Å². The quantitative estimate of drug-likeness (QED) is 0.353. The fourth-order valence-electron chi connectivity index (χ4n) is 1.82. The molecule has 0 aliphatic heterocycles. The second-order valence-corrected chi connectivity index (χ2v) is 12.4. The highest BCUT2D eigenvalue weighted by Gasteiger charge is 2.15. The summed E-state index contributed by atoms with van der Waals surface area (Å²) in [6, 6.07) is 5.81. The lowest BCUT2D eigenvalue weighted by molar-refractivity contribution is 0.0525. The van der Waals surface area contributed by atoms with Gasteiger partial charge < -0.3 is 4.74 Å². The molecule has 0 atom stereocenters. The molecule has 1 aromatic carbocycles. The molecule has 0 unspecified atom stereocenters. The summed E-state index contributed by atoms with van der Waals surface area (Å²) in [6.07, 6.45) is 2.96. The van der Waals surface area contributed by atoms with Crippen molar-refractivity contribution in [3.05, 3.63) is 34.9 Å². The van der Waals surface area contributed by atoms with E-state index in [0.29, 0.717) is 12.2 Å². The highest BCUT2D eigenvalue weighted by molar-refractivity contribution is 8.13. The van der Waals surface area contributed by atoms with Crippen LogP contribution in [-0.4, -0.2) is 38.1 Å². The Morgan fingerprint density at radius 3 is 2.48 bits per heavy atom. The molecule has 1 rings (SSSR count). The van der Waals surface area contributed by atoms with E-state index >= 15 is 0 Å². The molecule has 5 heteroatoms. The fraction of sp³-hybridized carbons (Fsp3) is 0.500. The maximum atomic E-state index is 11.8. The number of aryl methyl sites for hydroxylation is 1. The Hall–Kier alpha value is -1.07. The van der Waals surface area contributed by atoms with Gasteiger partial charge in [0.15, 0.2) is 0 Å². The maximum absolute atomic E-state index is 11.8. The highest BCUT2D eigenvalue weighted by Crippen LogP contribution is 2.18. The molecule has 3 nitrogen and oxygen atoms in total. The lowest BCUT2D eigenvalue weighted by Crippen LogP contribution is -2.25. The Morgan fingerprint density at radius 1 is 1.33 bits per heavy atom. The van der Waals surface area contributed by atoms with E-state index in [0.717, 1.165) is 22.3 Å². The number of hydrogen-bond acceptors (Lipinski definition) is 4. The molecule has 0 saturated carbocycles. The second kappa shape index (κ2) is 7.80. The molecule has 116 valence electrons. The summed E-state index contributed by atoms with van der Waals surface area (Å²) in [5.41, 5.74) is 2.64. The first-order valence-corrected chi connectivity index (χ1v) is 12.1. The van der Waals surface area contributed by atoms with Crippen LogP contribution in [0.2, 0.25) is 19.6 Å². The number of benzene rings is 1. The molecule has 0 spiro atoms. The van der Waals surface area contributed by atoms with Crippen molar-refractivity contribution in [2.45, 2.75) is 33.5 Å². The minimum absolute atomic E-state index is 0.258. The molecule has 0 aliphatic rings. The summed E-state index contributed by atoms with van der Waals surface area (Å²) >= 11 is 1.65. The first-order valence-electron chi connectivity index (χ1n) is 7.15. The van der Waals surface area contributed by atoms with Crippen molar-refractivity contribution in [3.8, 4) is 0 Å². The minimum Gasteiger partial charge on any atom is -0.462 e. The van der Waals surface area contributed by atoms with Gasteiger partial charge in [-0.2, -0.15) is 0 Å². The number of ether oxygens (including phenoxy) is 1. The fourth-order valence-corrected chi connectivity index (χ4v) is 3.12. The normalized spacial score (nSPS) is 12.4. The van der Waals surface area contributed by atoms with E-state index < -0.39 is 8.07 Å². The summed E-state index contributed by atoms with van der Waals surface area (Å²) < 4.78 is 5.06. The zero-order chi connectivity index (χ0) is 16.0. The zero-order valence-corrected chi connectivity index (χ0v) is 15.6. The van der Waals surface area contributed by atoms with Crippen molar-refractivity contribution in [3.63, 3.8) is 0 Å². The maximum Gasteiger partial charge on any atom is 0.338 e. The van der Waals surface area contributed by atoms with E-state index in [1.54, 1.807) is 11.8 Å². The third-order valence-electron chi connectivity index (χ3n) is 2.86. The van der Waals surface area contributed by atoms with E-state index in [4.69, 9.17) is 9.73 Å². The predicted octanol–water partition coefficient (Wildman–Crippen LogP) is 4.16. The predicted molar refractivity (Wildman–Crippen MR) is 95.4 cm³/mol. The van der Waals surface area contributed by atoms with Gasteiger partial charge in [0, 0.05) is 11.7 Å². The lowest BCUT2D eigenvalue weighted by atomic mass is 10.1. The van der Waals surface area contributed by atoms with Crippen LogP contribution in [-0.2, 0) is 4.74 Å². The molecule has 0 fully saturated rings. The number of carbonyl (C=O) groups is 1. The smallest absolute Gasteiger partial charge is 0.338 e. The number of aliphatic imine (C=N–C) groups is 1. The Balaban J connectivity index is 3.03. The third kappa shape index (κ3) is 5.67.